The van der Waals surface area contributed by atoms with Gasteiger partial charge in [0.2, 0.25) is 5.88 Å². The Bertz CT molecular complexity index is 834. The first kappa shape index (κ1) is 17.0. The first-order valence-corrected chi connectivity index (χ1v) is 8.25. The van der Waals surface area contributed by atoms with Gasteiger partial charge in [-0.05, 0) is 25.1 Å². The van der Waals surface area contributed by atoms with E-state index in [0.717, 1.165) is 22.9 Å². The van der Waals surface area contributed by atoms with E-state index in [-0.39, 0.29) is 5.41 Å². The Morgan fingerprint density at radius 3 is 2.56 bits per heavy atom. The van der Waals surface area contributed by atoms with Crippen molar-refractivity contribution in [2.75, 3.05) is 5.32 Å². The van der Waals surface area contributed by atoms with Gasteiger partial charge in [0.25, 0.3) is 0 Å². The number of anilines is 1. The van der Waals surface area contributed by atoms with Crippen molar-refractivity contribution in [2.45, 2.75) is 39.7 Å². The predicted octanol–water partition coefficient (Wildman–Crippen LogP) is 4.21. The Morgan fingerprint density at radius 2 is 1.92 bits per heavy atom. The lowest BCUT2D eigenvalue weighted by Gasteiger charge is -2.14. The molecule has 0 unspecified atom stereocenters. The molecule has 0 aliphatic rings. The van der Waals surface area contributed by atoms with Gasteiger partial charge < -0.3 is 15.0 Å². The van der Waals surface area contributed by atoms with Gasteiger partial charge in [-0.1, -0.05) is 20.8 Å². The molecule has 3 aromatic rings. The molecule has 0 aliphatic heterocycles. The highest BCUT2D eigenvalue weighted by Crippen LogP contribution is 2.23. The van der Waals surface area contributed by atoms with Crippen molar-refractivity contribution >= 4 is 5.69 Å². The molecule has 0 radical (unpaired) electrons. The lowest BCUT2D eigenvalue weighted by atomic mass is 9.96. The average molecular weight is 337 g/mol. The van der Waals surface area contributed by atoms with Crippen LogP contribution in [0.25, 0.3) is 0 Å². The van der Waals surface area contributed by atoms with Gasteiger partial charge >= 0.3 is 0 Å². The van der Waals surface area contributed by atoms with E-state index >= 15 is 0 Å². The van der Waals surface area contributed by atoms with Gasteiger partial charge in [0, 0.05) is 17.7 Å². The molecule has 25 heavy (non-hydrogen) atoms. The fourth-order valence-electron chi connectivity index (χ4n) is 2.26. The highest BCUT2D eigenvalue weighted by molar-refractivity contribution is 5.43. The zero-order chi connectivity index (χ0) is 17.9. The van der Waals surface area contributed by atoms with E-state index in [1.165, 1.54) is 0 Å². The number of hydrogen-bond acceptors (Lipinski definition) is 5. The van der Waals surface area contributed by atoms with Gasteiger partial charge in [-0.2, -0.15) is 0 Å². The van der Waals surface area contributed by atoms with E-state index in [1.54, 1.807) is 12.4 Å². The van der Waals surface area contributed by atoms with Crippen LogP contribution in [0.3, 0.4) is 0 Å². The SMILES string of the molecule is Cc1ncccc1Oc1ccc(NCc2cnc(C(C)(C)C)[nH]2)cn1. The highest BCUT2D eigenvalue weighted by Gasteiger charge is 2.17. The molecule has 0 saturated heterocycles. The monoisotopic (exact) mass is 337 g/mol. The standard InChI is InChI=1S/C19H23N5O/c1-13-16(6-5-9-20-13)25-17-8-7-14(10-22-17)21-11-15-12-23-18(24-15)19(2,3)4/h5-10,12,21H,11H2,1-4H3,(H,23,24). The van der Waals surface area contributed by atoms with Crippen molar-refractivity contribution in [1.82, 2.24) is 19.9 Å². The number of nitrogens with zero attached hydrogens (tertiary/aromatic N) is 3. The molecular weight excluding hydrogens is 314 g/mol. The van der Waals surface area contributed by atoms with Gasteiger partial charge in [0.05, 0.1) is 36.0 Å². The van der Waals surface area contributed by atoms with Crippen LogP contribution < -0.4 is 10.1 Å². The molecule has 0 amide bonds. The minimum Gasteiger partial charge on any atom is -0.437 e. The summed E-state index contributed by atoms with van der Waals surface area (Å²) < 4.78 is 5.75. The molecule has 3 rings (SSSR count). The maximum Gasteiger partial charge on any atom is 0.219 e. The highest BCUT2D eigenvalue weighted by atomic mass is 16.5. The minimum absolute atomic E-state index is 0.0171. The lowest BCUT2D eigenvalue weighted by molar-refractivity contribution is 0.457. The number of rotatable bonds is 5. The second-order valence-electron chi connectivity index (χ2n) is 6.93. The number of aryl methyl sites for hydroxylation is 1. The second-order valence-corrected chi connectivity index (χ2v) is 6.93. The van der Waals surface area contributed by atoms with Gasteiger partial charge in [-0.15, -0.1) is 0 Å². The lowest BCUT2D eigenvalue weighted by Crippen LogP contribution is -2.13. The van der Waals surface area contributed by atoms with Crippen LogP contribution in [0.5, 0.6) is 11.6 Å². The third-order valence-electron chi connectivity index (χ3n) is 3.73. The predicted molar refractivity (Wildman–Crippen MR) is 97.9 cm³/mol. The second kappa shape index (κ2) is 6.93. The Morgan fingerprint density at radius 1 is 1.08 bits per heavy atom. The van der Waals surface area contributed by atoms with E-state index in [0.29, 0.717) is 18.2 Å². The van der Waals surface area contributed by atoms with E-state index in [4.69, 9.17) is 4.74 Å². The molecule has 0 saturated carbocycles. The van der Waals surface area contributed by atoms with Crippen LogP contribution in [0.15, 0.2) is 42.9 Å². The minimum atomic E-state index is 0.0171. The summed E-state index contributed by atoms with van der Waals surface area (Å²) in [7, 11) is 0. The summed E-state index contributed by atoms with van der Waals surface area (Å²) in [6, 6.07) is 7.49. The van der Waals surface area contributed by atoms with Crippen LogP contribution in [0.1, 0.15) is 38.0 Å². The van der Waals surface area contributed by atoms with Crippen molar-refractivity contribution < 1.29 is 4.74 Å². The van der Waals surface area contributed by atoms with Crippen molar-refractivity contribution in [1.29, 1.82) is 0 Å². The van der Waals surface area contributed by atoms with E-state index in [2.05, 4.69) is 46.0 Å². The van der Waals surface area contributed by atoms with Crippen LogP contribution in [-0.2, 0) is 12.0 Å². The molecule has 6 heteroatoms. The molecule has 0 bridgehead atoms. The van der Waals surface area contributed by atoms with Crippen molar-refractivity contribution in [3.63, 3.8) is 0 Å². The molecule has 6 nitrogen and oxygen atoms in total. The fourth-order valence-corrected chi connectivity index (χ4v) is 2.26. The fraction of sp³-hybridized carbons (Fsp3) is 0.316. The molecule has 3 aromatic heterocycles. The number of aromatic nitrogens is 4. The number of pyridine rings is 2. The van der Waals surface area contributed by atoms with Crippen molar-refractivity contribution in [3.8, 4) is 11.6 Å². The van der Waals surface area contributed by atoms with Crippen LogP contribution in [0.2, 0.25) is 0 Å². The molecule has 0 aliphatic carbocycles. The Hall–Kier alpha value is -2.89. The first-order chi connectivity index (χ1) is 11.9. The third kappa shape index (κ3) is 4.35. The molecule has 130 valence electrons. The summed E-state index contributed by atoms with van der Waals surface area (Å²) >= 11 is 0. The van der Waals surface area contributed by atoms with E-state index in [1.807, 2.05) is 37.4 Å². The molecule has 3 heterocycles. The number of nitrogens with one attached hydrogen (secondary N) is 2. The number of H-pyrrole nitrogens is 1. The smallest absolute Gasteiger partial charge is 0.219 e. The maximum absolute atomic E-state index is 5.75. The molecule has 0 spiro atoms. The quantitative estimate of drug-likeness (QED) is 0.729. The van der Waals surface area contributed by atoms with E-state index in [9.17, 15) is 0 Å². The zero-order valence-corrected chi connectivity index (χ0v) is 15.0. The van der Waals surface area contributed by atoms with Gasteiger partial charge in [-0.3, -0.25) is 4.98 Å². The summed E-state index contributed by atoms with van der Waals surface area (Å²) in [5.74, 6) is 2.24. The molecule has 2 N–H and O–H groups in total. The summed E-state index contributed by atoms with van der Waals surface area (Å²) in [4.78, 5) is 16.3. The summed E-state index contributed by atoms with van der Waals surface area (Å²) in [6.07, 6.45) is 5.36. The van der Waals surface area contributed by atoms with Crippen LogP contribution in [0, 0.1) is 6.92 Å². The van der Waals surface area contributed by atoms with Gasteiger partial charge in [0.15, 0.2) is 5.75 Å². The third-order valence-corrected chi connectivity index (χ3v) is 3.73. The van der Waals surface area contributed by atoms with Crippen molar-refractivity contribution in [2.24, 2.45) is 0 Å². The molecule has 0 fully saturated rings. The Balaban J connectivity index is 1.59. The van der Waals surface area contributed by atoms with Crippen LogP contribution >= 0.6 is 0 Å². The van der Waals surface area contributed by atoms with Crippen LogP contribution in [-0.4, -0.2) is 19.9 Å². The maximum atomic E-state index is 5.75. The first-order valence-electron chi connectivity index (χ1n) is 8.25. The molecule has 0 aromatic carbocycles. The zero-order valence-electron chi connectivity index (χ0n) is 15.0. The number of hydrogen-bond donors (Lipinski definition) is 2. The molecule has 0 atom stereocenters. The average Bonchev–Trinajstić information content (AvgIpc) is 3.06. The Kier molecular flexibility index (Phi) is 4.70. The number of imidazole rings is 1. The summed E-state index contributed by atoms with van der Waals surface area (Å²) in [6.45, 7) is 8.97. The van der Waals surface area contributed by atoms with E-state index < -0.39 is 0 Å². The number of ether oxygens (including phenoxy) is 1. The molecular formula is C19H23N5O. The van der Waals surface area contributed by atoms with Gasteiger partial charge in [-0.25, -0.2) is 9.97 Å². The Labute approximate surface area is 147 Å². The number of aromatic amines is 1. The summed E-state index contributed by atoms with van der Waals surface area (Å²) in [5, 5.41) is 3.33. The topological polar surface area (TPSA) is 75.7 Å². The van der Waals surface area contributed by atoms with Crippen LogP contribution in [0.4, 0.5) is 5.69 Å². The van der Waals surface area contributed by atoms with Crippen molar-refractivity contribution in [3.05, 3.63) is 60.1 Å². The summed E-state index contributed by atoms with van der Waals surface area (Å²) in [5.41, 5.74) is 2.81. The largest absolute Gasteiger partial charge is 0.437 e. The van der Waals surface area contributed by atoms with Gasteiger partial charge in [0.1, 0.15) is 5.82 Å². The normalized spacial score (nSPS) is 11.4.